The molecule has 1 N–H and O–H groups in total. The molecule has 102 valence electrons. The molecule has 4 heteroatoms. The number of rotatable bonds is 1. The van der Waals surface area contributed by atoms with Gasteiger partial charge in [-0.25, -0.2) is 0 Å². The van der Waals surface area contributed by atoms with Gasteiger partial charge in [0.2, 0.25) is 0 Å². The Balaban J connectivity index is 2.20. The van der Waals surface area contributed by atoms with E-state index >= 15 is 0 Å². The Morgan fingerprint density at radius 2 is 2.05 bits per heavy atom. The Kier molecular flexibility index (Phi) is 2.97. The monoisotopic (exact) mass is 259 g/mol. The minimum Gasteiger partial charge on any atom is -0.472 e. The van der Waals surface area contributed by atoms with Crippen LogP contribution >= 0.6 is 0 Å². The molecule has 0 aromatic carbocycles. The number of nitrogens with one attached hydrogen (secondary N) is 1. The standard InChI is InChI=1S/C15H21N3O/c1-15(2,3)18-14(11-6-9-19-10-11)12-4-7-16-8-5-13(12)17-18/h6,9-10,16H,4-5,7-8H2,1-3H3. The first-order valence-corrected chi connectivity index (χ1v) is 6.92. The van der Waals surface area contributed by atoms with Crippen molar-refractivity contribution in [1.82, 2.24) is 15.1 Å². The number of fused-ring (bicyclic) bond motifs is 1. The van der Waals surface area contributed by atoms with Gasteiger partial charge in [-0.05, 0) is 39.8 Å². The van der Waals surface area contributed by atoms with Crippen molar-refractivity contribution in [3.63, 3.8) is 0 Å². The predicted molar refractivity (Wildman–Crippen MR) is 75.2 cm³/mol. The number of aromatic nitrogens is 2. The molecule has 0 saturated carbocycles. The summed E-state index contributed by atoms with van der Waals surface area (Å²) in [5, 5.41) is 8.31. The highest BCUT2D eigenvalue weighted by atomic mass is 16.3. The quantitative estimate of drug-likeness (QED) is 0.856. The first-order chi connectivity index (χ1) is 9.07. The van der Waals surface area contributed by atoms with Crippen molar-refractivity contribution in [2.45, 2.75) is 39.2 Å². The highest BCUT2D eigenvalue weighted by Crippen LogP contribution is 2.32. The molecule has 4 nitrogen and oxygen atoms in total. The molecule has 0 aliphatic carbocycles. The fourth-order valence-electron chi connectivity index (χ4n) is 2.69. The lowest BCUT2D eigenvalue weighted by atomic mass is 10.0. The molecule has 2 aromatic rings. The highest BCUT2D eigenvalue weighted by molar-refractivity contribution is 5.64. The van der Waals surface area contributed by atoms with Gasteiger partial charge in [0.05, 0.1) is 29.5 Å². The maximum atomic E-state index is 5.27. The average Bonchev–Trinajstić information content (AvgIpc) is 2.91. The van der Waals surface area contributed by atoms with E-state index in [2.05, 4.69) is 30.8 Å². The van der Waals surface area contributed by atoms with Crippen LogP contribution in [0.2, 0.25) is 0 Å². The summed E-state index contributed by atoms with van der Waals surface area (Å²) >= 11 is 0. The van der Waals surface area contributed by atoms with Crippen LogP contribution in [0.1, 0.15) is 32.0 Å². The van der Waals surface area contributed by atoms with Gasteiger partial charge in [-0.3, -0.25) is 4.68 Å². The topological polar surface area (TPSA) is 43.0 Å². The summed E-state index contributed by atoms with van der Waals surface area (Å²) < 4.78 is 7.43. The van der Waals surface area contributed by atoms with Crippen LogP contribution < -0.4 is 5.32 Å². The van der Waals surface area contributed by atoms with Gasteiger partial charge in [-0.1, -0.05) is 0 Å². The molecule has 0 amide bonds. The molecular formula is C15H21N3O. The van der Waals surface area contributed by atoms with Gasteiger partial charge in [0.15, 0.2) is 0 Å². The molecule has 19 heavy (non-hydrogen) atoms. The van der Waals surface area contributed by atoms with Crippen LogP contribution in [0.4, 0.5) is 0 Å². The van der Waals surface area contributed by atoms with Crippen molar-refractivity contribution in [2.75, 3.05) is 13.1 Å². The molecule has 1 aliphatic heterocycles. The summed E-state index contributed by atoms with van der Waals surface area (Å²) in [5.41, 5.74) is 4.94. The Hall–Kier alpha value is -1.55. The van der Waals surface area contributed by atoms with Crippen molar-refractivity contribution in [2.24, 2.45) is 0 Å². The second kappa shape index (κ2) is 4.53. The molecule has 0 fully saturated rings. The summed E-state index contributed by atoms with van der Waals surface area (Å²) in [4.78, 5) is 0. The van der Waals surface area contributed by atoms with Crippen LogP contribution in [-0.4, -0.2) is 22.9 Å². The largest absolute Gasteiger partial charge is 0.472 e. The molecule has 0 atom stereocenters. The van der Waals surface area contributed by atoms with E-state index in [9.17, 15) is 0 Å². The third kappa shape index (κ3) is 2.21. The van der Waals surface area contributed by atoms with Crippen LogP contribution in [-0.2, 0) is 18.4 Å². The zero-order valence-electron chi connectivity index (χ0n) is 11.9. The first-order valence-electron chi connectivity index (χ1n) is 6.92. The van der Waals surface area contributed by atoms with Gasteiger partial charge in [0.1, 0.15) is 0 Å². The maximum Gasteiger partial charge on any atom is 0.0996 e. The SMILES string of the molecule is CC(C)(C)n1nc2c(c1-c1ccoc1)CCNCC2. The van der Waals surface area contributed by atoms with E-state index in [1.807, 2.05) is 12.3 Å². The first kappa shape index (κ1) is 12.5. The van der Waals surface area contributed by atoms with Crippen molar-refractivity contribution in [3.8, 4) is 11.3 Å². The van der Waals surface area contributed by atoms with E-state index in [1.165, 1.54) is 17.0 Å². The van der Waals surface area contributed by atoms with Crippen molar-refractivity contribution in [3.05, 3.63) is 29.9 Å². The fourth-order valence-corrected chi connectivity index (χ4v) is 2.69. The van der Waals surface area contributed by atoms with E-state index in [1.54, 1.807) is 6.26 Å². The Bertz CT molecular complexity index is 561. The Morgan fingerprint density at radius 3 is 2.74 bits per heavy atom. The van der Waals surface area contributed by atoms with Crippen molar-refractivity contribution >= 4 is 0 Å². The van der Waals surface area contributed by atoms with Crippen LogP contribution in [0.3, 0.4) is 0 Å². The average molecular weight is 259 g/mol. The van der Waals surface area contributed by atoms with Crippen LogP contribution in [0.5, 0.6) is 0 Å². The number of hydrogen-bond acceptors (Lipinski definition) is 3. The van der Waals surface area contributed by atoms with Crippen LogP contribution in [0.25, 0.3) is 11.3 Å². The smallest absolute Gasteiger partial charge is 0.0996 e. The zero-order chi connectivity index (χ0) is 13.5. The summed E-state index contributed by atoms with van der Waals surface area (Å²) in [6.45, 7) is 8.62. The van der Waals surface area contributed by atoms with E-state index in [0.29, 0.717) is 0 Å². The molecule has 3 heterocycles. The van der Waals surface area contributed by atoms with Gasteiger partial charge in [0.25, 0.3) is 0 Å². The van der Waals surface area contributed by atoms with Crippen molar-refractivity contribution in [1.29, 1.82) is 0 Å². The van der Waals surface area contributed by atoms with Gasteiger partial charge >= 0.3 is 0 Å². The minimum atomic E-state index is -0.0216. The van der Waals surface area contributed by atoms with Gasteiger partial charge in [0, 0.05) is 24.1 Å². The molecular weight excluding hydrogens is 238 g/mol. The normalized spacial score (nSPS) is 16.2. The van der Waals surface area contributed by atoms with E-state index in [4.69, 9.17) is 9.52 Å². The lowest BCUT2D eigenvalue weighted by Gasteiger charge is -2.22. The summed E-state index contributed by atoms with van der Waals surface area (Å²) in [7, 11) is 0. The van der Waals surface area contributed by atoms with Crippen LogP contribution in [0.15, 0.2) is 23.0 Å². The second-order valence-corrected chi connectivity index (χ2v) is 6.12. The summed E-state index contributed by atoms with van der Waals surface area (Å²) in [6.07, 6.45) is 5.59. The van der Waals surface area contributed by atoms with Gasteiger partial charge in [-0.2, -0.15) is 5.10 Å². The molecule has 0 saturated heterocycles. The molecule has 2 aromatic heterocycles. The number of furan rings is 1. The molecule has 0 radical (unpaired) electrons. The lowest BCUT2D eigenvalue weighted by Crippen LogP contribution is -2.25. The summed E-state index contributed by atoms with van der Waals surface area (Å²) in [5.74, 6) is 0. The Labute approximate surface area is 113 Å². The number of nitrogens with zero attached hydrogens (tertiary/aromatic N) is 2. The molecule has 0 spiro atoms. The molecule has 3 rings (SSSR count). The highest BCUT2D eigenvalue weighted by Gasteiger charge is 2.26. The minimum absolute atomic E-state index is 0.0216. The van der Waals surface area contributed by atoms with E-state index < -0.39 is 0 Å². The van der Waals surface area contributed by atoms with Crippen LogP contribution in [0, 0.1) is 0 Å². The summed E-state index contributed by atoms with van der Waals surface area (Å²) in [6, 6.07) is 2.03. The van der Waals surface area contributed by atoms with E-state index in [0.717, 1.165) is 31.5 Å². The zero-order valence-corrected chi connectivity index (χ0v) is 11.9. The molecule has 0 bridgehead atoms. The van der Waals surface area contributed by atoms with Gasteiger partial charge < -0.3 is 9.73 Å². The fraction of sp³-hybridized carbons (Fsp3) is 0.533. The maximum absolute atomic E-state index is 5.27. The third-order valence-corrected chi connectivity index (χ3v) is 3.59. The second-order valence-electron chi connectivity index (χ2n) is 6.12. The van der Waals surface area contributed by atoms with Gasteiger partial charge in [-0.15, -0.1) is 0 Å². The van der Waals surface area contributed by atoms with Crippen molar-refractivity contribution < 1.29 is 4.42 Å². The van der Waals surface area contributed by atoms with E-state index in [-0.39, 0.29) is 5.54 Å². The lowest BCUT2D eigenvalue weighted by molar-refractivity contribution is 0.357. The predicted octanol–water partition coefficient (Wildman–Crippen LogP) is 2.59. The molecule has 0 unspecified atom stereocenters. The Morgan fingerprint density at radius 1 is 1.26 bits per heavy atom. The molecule has 1 aliphatic rings. The number of hydrogen-bond donors (Lipinski definition) is 1. The third-order valence-electron chi connectivity index (χ3n) is 3.59.